The van der Waals surface area contributed by atoms with Gasteiger partial charge in [-0.1, -0.05) is 94.8 Å². The van der Waals surface area contributed by atoms with Crippen molar-refractivity contribution in [1.29, 1.82) is 0 Å². The van der Waals surface area contributed by atoms with Gasteiger partial charge in [-0.2, -0.15) is 0 Å². The Morgan fingerprint density at radius 1 is 0.579 bits per heavy atom. The Kier molecular flexibility index (Phi) is 11.0. The van der Waals surface area contributed by atoms with Crippen LogP contribution in [0.3, 0.4) is 0 Å². The lowest BCUT2D eigenvalue weighted by atomic mass is 9.97. The zero-order valence-corrected chi connectivity index (χ0v) is 25.0. The molecule has 0 bridgehead atoms. The second kappa shape index (κ2) is 14.2. The third-order valence-corrected chi connectivity index (χ3v) is 6.95. The van der Waals surface area contributed by atoms with Gasteiger partial charge in [-0.25, -0.2) is 4.98 Å². The molecule has 0 spiro atoms. The summed E-state index contributed by atoms with van der Waals surface area (Å²) in [5.74, 6) is 0. The minimum absolute atomic E-state index is 0.911. The number of rotatable bonds is 12. The first-order chi connectivity index (χ1) is 18.3. The molecule has 0 aliphatic rings. The van der Waals surface area contributed by atoms with Crippen LogP contribution >= 0.6 is 0 Å². The summed E-state index contributed by atoms with van der Waals surface area (Å²) < 4.78 is 0. The average molecular weight is 510 g/mol. The zero-order chi connectivity index (χ0) is 27.7. The number of pyridine rings is 1. The lowest BCUT2D eigenvalue weighted by Crippen LogP contribution is -2.06. The molecule has 2 aromatic carbocycles. The van der Waals surface area contributed by atoms with E-state index in [9.17, 15) is 0 Å². The van der Waals surface area contributed by atoms with Crippen molar-refractivity contribution in [3.63, 3.8) is 0 Å². The summed E-state index contributed by atoms with van der Waals surface area (Å²) in [6.45, 7) is 17.5. The standard InChI is InChI=1S/C35H47N3/c1-9-14-28-20-24(5)21-29(15-10-2)34(28)36-26(7)32-18-13-19-33(38-32)27(8)37-35-30(16-11-3)22-25(6)23-31(35)17-12-4/h13,18-23H,9-12,14-17H2,1-8H3. The van der Waals surface area contributed by atoms with Gasteiger partial charge in [0.2, 0.25) is 0 Å². The molecule has 3 aromatic rings. The zero-order valence-electron chi connectivity index (χ0n) is 25.0. The summed E-state index contributed by atoms with van der Waals surface area (Å²) in [5, 5.41) is 0. The minimum Gasteiger partial charge on any atom is -0.251 e. The Morgan fingerprint density at radius 3 is 1.18 bits per heavy atom. The van der Waals surface area contributed by atoms with Gasteiger partial charge in [0.25, 0.3) is 0 Å². The molecule has 0 unspecified atom stereocenters. The lowest BCUT2D eigenvalue weighted by Gasteiger charge is -2.14. The van der Waals surface area contributed by atoms with Gasteiger partial charge >= 0.3 is 0 Å². The van der Waals surface area contributed by atoms with Crippen LogP contribution < -0.4 is 0 Å². The average Bonchev–Trinajstić information content (AvgIpc) is 2.88. The monoisotopic (exact) mass is 509 g/mol. The van der Waals surface area contributed by atoms with Crippen molar-refractivity contribution in [2.45, 2.75) is 107 Å². The molecule has 3 rings (SSSR count). The second-order valence-electron chi connectivity index (χ2n) is 10.7. The molecule has 38 heavy (non-hydrogen) atoms. The van der Waals surface area contributed by atoms with E-state index in [2.05, 4.69) is 97.9 Å². The lowest BCUT2D eigenvalue weighted by molar-refractivity contribution is 0.892. The molecule has 202 valence electrons. The molecule has 0 aliphatic heterocycles. The van der Waals surface area contributed by atoms with Gasteiger partial charge in [0, 0.05) is 0 Å². The fraction of sp³-hybridized carbons (Fsp3) is 0.457. The van der Waals surface area contributed by atoms with Gasteiger partial charge in [0.1, 0.15) is 0 Å². The normalized spacial score (nSPS) is 12.3. The first-order valence-electron chi connectivity index (χ1n) is 14.6. The molecule has 0 saturated heterocycles. The number of hydrogen-bond acceptors (Lipinski definition) is 3. The van der Waals surface area contributed by atoms with Gasteiger partial charge in [-0.05, 0) is 87.8 Å². The van der Waals surface area contributed by atoms with Crippen molar-refractivity contribution in [2.24, 2.45) is 9.98 Å². The molecule has 0 N–H and O–H groups in total. The van der Waals surface area contributed by atoms with E-state index >= 15 is 0 Å². The Balaban J connectivity index is 2.05. The number of benzene rings is 2. The molecular formula is C35H47N3. The van der Waals surface area contributed by atoms with Crippen molar-refractivity contribution < 1.29 is 0 Å². The predicted octanol–water partition coefficient (Wildman–Crippen LogP) is 9.79. The molecule has 3 nitrogen and oxygen atoms in total. The number of hydrogen-bond donors (Lipinski definition) is 0. The molecule has 1 heterocycles. The number of aliphatic imine (C=N–C) groups is 2. The van der Waals surface area contributed by atoms with E-state index in [0.717, 1.165) is 85.6 Å². The molecule has 0 amide bonds. The maximum Gasteiger partial charge on any atom is 0.0849 e. The number of aryl methyl sites for hydroxylation is 6. The maximum absolute atomic E-state index is 5.19. The topological polar surface area (TPSA) is 37.6 Å². The van der Waals surface area contributed by atoms with Crippen LogP contribution in [0, 0.1) is 13.8 Å². The van der Waals surface area contributed by atoms with Crippen LogP contribution in [0.25, 0.3) is 0 Å². The molecule has 0 radical (unpaired) electrons. The van der Waals surface area contributed by atoms with E-state index in [0.29, 0.717) is 0 Å². The third-order valence-electron chi connectivity index (χ3n) is 6.95. The number of aromatic nitrogens is 1. The third kappa shape index (κ3) is 7.49. The van der Waals surface area contributed by atoms with Crippen LogP contribution in [0.5, 0.6) is 0 Å². The summed E-state index contributed by atoms with van der Waals surface area (Å²) in [7, 11) is 0. The molecule has 1 aromatic heterocycles. The molecule has 0 aliphatic carbocycles. The highest BCUT2D eigenvalue weighted by atomic mass is 14.8. The van der Waals surface area contributed by atoms with E-state index in [1.54, 1.807) is 0 Å². The fourth-order valence-corrected chi connectivity index (χ4v) is 5.28. The van der Waals surface area contributed by atoms with E-state index in [1.807, 2.05) is 0 Å². The van der Waals surface area contributed by atoms with Crippen molar-refractivity contribution in [3.05, 3.63) is 87.2 Å². The predicted molar refractivity (Wildman–Crippen MR) is 166 cm³/mol. The SMILES string of the molecule is CCCc1cc(C)cc(CCC)c1N=C(C)c1cccc(C(C)=Nc2c(CCC)cc(C)cc2CCC)n1. The summed E-state index contributed by atoms with van der Waals surface area (Å²) >= 11 is 0. The largest absolute Gasteiger partial charge is 0.251 e. The molecule has 0 saturated carbocycles. The van der Waals surface area contributed by atoms with Crippen LogP contribution in [0.1, 0.15) is 112 Å². The van der Waals surface area contributed by atoms with Crippen LogP contribution in [-0.4, -0.2) is 16.4 Å². The van der Waals surface area contributed by atoms with Crippen molar-refractivity contribution >= 4 is 22.8 Å². The Labute approximate surface area is 231 Å². The molecule has 0 atom stereocenters. The molecule has 0 fully saturated rings. The Hall–Kier alpha value is -3.07. The summed E-state index contributed by atoms with van der Waals surface area (Å²) in [4.78, 5) is 15.4. The minimum atomic E-state index is 0.911. The van der Waals surface area contributed by atoms with Crippen molar-refractivity contribution in [1.82, 2.24) is 4.98 Å². The van der Waals surface area contributed by atoms with Crippen molar-refractivity contribution in [2.75, 3.05) is 0 Å². The van der Waals surface area contributed by atoms with Crippen LogP contribution in [-0.2, 0) is 25.7 Å². The Bertz CT molecular complexity index is 1150. The van der Waals surface area contributed by atoms with Crippen molar-refractivity contribution in [3.8, 4) is 0 Å². The van der Waals surface area contributed by atoms with Gasteiger partial charge in [0.15, 0.2) is 0 Å². The van der Waals surface area contributed by atoms with Crippen LogP contribution in [0.15, 0.2) is 52.4 Å². The summed E-state index contributed by atoms with van der Waals surface area (Å²) in [5.41, 5.74) is 14.0. The maximum atomic E-state index is 5.19. The smallest absolute Gasteiger partial charge is 0.0849 e. The van der Waals surface area contributed by atoms with Gasteiger partial charge < -0.3 is 0 Å². The first kappa shape index (κ1) is 29.5. The van der Waals surface area contributed by atoms with Crippen LogP contribution in [0.2, 0.25) is 0 Å². The van der Waals surface area contributed by atoms with Gasteiger partial charge in [0.05, 0.1) is 34.2 Å². The molecule has 3 heteroatoms. The Morgan fingerprint density at radius 2 is 0.895 bits per heavy atom. The van der Waals surface area contributed by atoms with E-state index in [4.69, 9.17) is 15.0 Å². The van der Waals surface area contributed by atoms with Crippen LogP contribution in [0.4, 0.5) is 11.4 Å². The second-order valence-corrected chi connectivity index (χ2v) is 10.7. The van der Waals surface area contributed by atoms with E-state index in [1.165, 1.54) is 33.4 Å². The van der Waals surface area contributed by atoms with Gasteiger partial charge in [-0.3, -0.25) is 9.98 Å². The number of nitrogens with zero attached hydrogens (tertiary/aromatic N) is 3. The fourth-order valence-electron chi connectivity index (χ4n) is 5.28. The highest BCUT2D eigenvalue weighted by molar-refractivity contribution is 6.02. The highest BCUT2D eigenvalue weighted by Crippen LogP contribution is 2.31. The summed E-state index contributed by atoms with van der Waals surface area (Å²) in [6.07, 6.45) is 8.61. The molecular weight excluding hydrogens is 462 g/mol. The van der Waals surface area contributed by atoms with Gasteiger partial charge in [-0.15, -0.1) is 0 Å². The highest BCUT2D eigenvalue weighted by Gasteiger charge is 2.13. The van der Waals surface area contributed by atoms with E-state index in [-0.39, 0.29) is 0 Å². The van der Waals surface area contributed by atoms with E-state index < -0.39 is 0 Å². The quantitative estimate of drug-likeness (QED) is 0.224. The first-order valence-corrected chi connectivity index (χ1v) is 14.6. The summed E-state index contributed by atoms with van der Waals surface area (Å²) in [6, 6.07) is 15.4.